The Morgan fingerprint density at radius 3 is 2.87 bits per heavy atom. The highest BCUT2D eigenvalue weighted by Crippen LogP contribution is 2.34. The number of nitrogens with zero attached hydrogens (tertiary/aromatic N) is 1. The second-order valence-corrected chi connectivity index (χ2v) is 7.90. The lowest BCUT2D eigenvalue weighted by Crippen LogP contribution is -2.21. The number of furan rings is 1. The second kappa shape index (κ2) is 8.71. The molecule has 0 spiro atoms. The van der Waals surface area contributed by atoms with Gasteiger partial charge >= 0.3 is 0 Å². The number of aromatic nitrogens is 1. The molecule has 2 atom stereocenters. The standard InChI is InChI=1S/C24H27N3O3/c1-15(22-9-3-16(2)29-22)11-12-26-21-8-4-17-13-19(6-7-20(17)21)30-23-10-5-18(14-27-23)24(25)28/h3,5-7,9-10,13-15,21,26H,4,8,11-12H2,1-2H3,(H2,25,28). The van der Waals surface area contributed by atoms with Crippen LogP contribution in [0.15, 0.2) is 53.1 Å². The molecule has 0 bridgehead atoms. The number of aryl methyl sites for hydroxylation is 2. The number of rotatable bonds is 8. The van der Waals surface area contributed by atoms with Gasteiger partial charge in [0.05, 0.1) is 5.56 Å². The molecule has 0 aliphatic heterocycles. The van der Waals surface area contributed by atoms with Crippen LogP contribution in [0.1, 0.15) is 64.7 Å². The zero-order valence-corrected chi connectivity index (χ0v) is 17.4. The molecule has 2 aromatic heterocycles. The topological polar surface area (TPSA) is 90.4 Å². The first-order chi connectivity index (χ1) is 14.5. The Balaban J connectivity index is 1.33. The number of fused-ring (bicyclic) bond motifs is 1. The van der Waals surface area contributed by atoms with Crippen LogP contribution >= 0.6 is 0 Å². The number of hydrogen-bond acceptors (Lipinski definition) is 5. The summed E-state index contributed by atoms with van der Waals surface area (Å²) in [6, 6.07) is 13.9. The molecule has 0 saturated heterocycles. The molecular formula is C24H27N3O3. The first kappa shape index (κ1) is 20.2. The van der Waals surface area contributed by atoms with Gasteiger partial charge in [0.25, 0.3) is 0 Å². The number of nitrogens with one attached hydrogen (secondary N) is 1. The van der Waals surface area contributed by atoms with E-state index in [2.05, 4.69) is 35.4 Å². The molecule has 30 heavy (non-hydrogen) atoms. The largest absolute Gasteiger partial charge is 0.466 e. The van der Waals surface area contributed by atoms with Gasteiger partial charge in [-0.15, -0.1) is 0 Å². The molecule has 0 fully saturated rings. The fourth-order valence-electron chi connectivity index (χ4n) is 3.91. The van der Waals surface area contributed by atoms with Crippen molar-refractivity contribution in [3.8, 4) is 11.6 Å². The van der Waals surface area contributed by atoms with E-state index in [1.165, 1.54) is 17.3 Å². The minimum atomic E-state index is -0.501. The van der Waals surface area contributed by atoms with Crippen molar-refractivity contribution in [3.05, 3.63) is 76.9 Å². The van der Waals surface area contributed by atoms with Crippen molar-refractivity contribution in [3.63, 3.8) is 0 Å². The lowest BCUT2D eigenvalue weighted by Gasteiger charge is -2.16. The van der Waals surface area contributed by atoms with Crippen molar-refractivity contribution >= 4 is 5.91 Å². The Morgan fingerprint density at radius 1 is 1.30 bits per heavy atom. The lowest BCUT2D eigenvalue weighted by molar-refractivity contribution is 0.1000. The van der Waals surface area contributed by atoms with Gasteiger partial charge in [0, 0.05) is 24.2 Å². The van der Waals surface area contributed by atoms with Crippen molar-refractivity contribution in [2.24, 2.45) is 5.73 Å². The Bertz CT molecular complexity index is 1030. The highest BCUT2D eigenvalue weighted by Gasteiger charge is 2.23. The minimum Gasteiger partial charge on any atom is -0.466 e. The zero-order valence-electron chi connectivity index (χ0n) is 17.4. The summed E-state index contributed by atoms with van der Waals surface area (Å²) < 4.78 is 11.6. The maximum Gasteiger partial charge on any atom is 0.250 e. The average molecular weight is 405 g/mol. The molecule has 2 unspecified atom stereocenters. The molecule has 2 heterocycles. The number of carbonyl (C=O) groups excluding carboxylic acids is 1. The van der Waals surface area contributed by atoms with E-state index in [9.17, 15) is 4.79 Å². The van der Waals surface area contributed by atoms with Gasteiger partial charge in [-0.05, 0) is 74.2 Å². The number of pyridine rings is 1. The third-order valence-corrected chi connectivity index (χ3v) is 5.65. The van der Waals surface area contributed by atoms with Gasteiger partial charge in [-0.3, -0.25) is 4.79 Å². The Morgan fingerprint density at radius 2 is 2.17 bits per heavy atom. The monoisotopic (exact) mass is 405 g/mol. The molecule has 0 saturated carbocycles. The van der Waals surface area contributed by atoms with Crippen LogP contribution in [-0.2, 0) is 6.42 Å². The molecule has 6 heteroatoms. The normalized spacial score (nSPS) is 16.3. The van der Waals surface area contributed by atoms with E-state index >= 15 is 0 Å². The number of amides is 1. The van der Waals surface area contributed by atoms with Gasteiger partial charge in [-0.1, -0.05) is 13.0 Å². The van der Waals surface area contributed by atoms with Crippen LogP contribution in [0.4, 0.5) is 0 Å². The van der Waals surface area contributed by atoms with Crippen LogP contribution in [0, 0.1) is 6.92 Å². The summed E-state index contributed by atoms with van der Waals surface area (Å²) in [4.78, 5) is 15.3. The van der Waals surface area contributed by atoms with Crippen molar-refractivity contribution in [2.75, 3.05) is 6.54 Å². The van der Waals surface area contributed by atoms with Crippen LogP contribution in [-0.4, -0.2) is 17.4 Å². The first-order valence-electron chi connectivity index (χ1n) is 10.4. The summed E-state index contributed by atoms with van der Waals surface area (Å²) in [6.45, 7) is 5.13. The number of nitrogens with two attached hydrogens (primary N) is 1. The minimum absolute atomic E-state index is 0.363. The van der Waals surface area contributed by atoms with Crippen molar-refractivity contribution in [1.29, 1.82) is 0 Å². The van der Waals surface area contributed by atoms with E-state index in [1.807, 2.05) is 19.1 Å². The van der Waals surface area contributed by atoms with Crippen LogP contribution in [0.25, 0.3) is 0 Å². The van der Waals surface area contributed by atoms with E-state index < -0.39 is 5.91 Å². The summed E-state index contributed by atoms with van der Waals surface area (Å²) in [5, 5.41) is 3.69. The molecule has 6 nitrogen and oxygen atoms in total. The lowest BCUT2D eigenvalue weighted by atomic mass is 10.0. The van der Waals surface area contributed by atoms with Gasteiger partial charge < -0.3 is 20.2 Å². The van der Waals surface area contributed by atoms with Gasteiger partial charge in [0.15, 0.2) is 0 Å². The van der Waals surface area contributed by atoms with E-state index in [0.29, 0.717) is 23.4 Å². The molecule has 1 amide bonds. The Hall–Kier alpha value is -3.12. The van der Waals surface area contributed by atoms with Crippen LogP contribution in [0.3, 0.4) is 0 Å². The number of hydrogen-bond donors (Lipinski definition) is 2. The molecule has 1 aromatic carbocycles. The summed E-state index contributed by atoms with van der Waals surface area (Å²) in [5.74, 6) is 3.10. The summed E-state index contributed by atoms with van der Waals surface area (Å²) >= 11 is 0. The van der Waals surface area contributed by atoms with Crippen LogP contribution in [0.2, 0.25) is 0 Å². The maximum absolute atomic E-state index is 11.1. The fourth-order valence-corrected chi connectivity index (χ4v) is 3.91. The SMILES string of the molecule is Cc1ccc(C(C)CCNC2CCc3cc(Oc4ccc(C(N)=O)cn4)ccc32)o1. The average Bonchev–Trinajstić information content (AvgIpc) is 3.34. The van der Waals surface area contributed by atoms with Gasteiger partial charge in [0.1, 0.15) is 17.3 Å². The number of carbonyl (C=O) groups is 1. The van der Waals surface area contributed by atoms with Crippen LogP contribution < -0.4 is 15.8 Å². The molecular weight excluding hydrogens is 378 g/mol. The Kier molecular flexibility index (Phi) is 5.86. The molecule has 4 rings (SSSR count). The zero-order chi connectivity index (χ0) is 21.1. The predicted octanol–water partition coefficient (Wildman–Crippen LogP) is 4.64. The summed E-state index contributed by atoms with van der Waals surface area (Å²) in [7, 11) is 0. The van der Waals surface area contributed by atoms with Crippen molar-refractivity contribution in [2.45, 2.75) is 45.1 Å². The van der Waals surface area contributed by atoms with E-state index in [4.69, 9.17) is 14.9 Å². The molecule has 1 aliphatic rings. The molecule has 3 N–H and O–H groups in total. The second-order valence-electron chi connectivity index (χ2n) is 7.90. The molecule has 0 radical (unpaired) electrons. The summed E-state index contributed by atoms with van der Waals surface area (Å²) in [5.41, 5.74) is 8.24. The number of benzene rings is 1. The van der Waals surface area contributed by atoms with E-state index in [-0.39, 0.29) is 0 Å². The fraction of sp³-hybridized carbons (Fsp3) is 0.333. The van der Waals surface area contributed by atoms with E-state index in [1.54, 1.807) is 12.1 Å². The third kappa shape index (κ3) is 4.54. The van der Waals surface area contributed by atoms with Gasteiger partial charge in [-0.25, -0.2) is 4.98 Å². The molecule has 1 aliphatic carbocycles. The predicted molar refractivity (Wildman–Crippen MR) is 115 cm³/mol. The smallest absolute Gasteiger partial charge is 0.250 e. The highest BCUT2D eigenvalue weighted by molar-refractivity contribution is 5.92. The molecule has 3 aromatic rings. The Labute approximate surface area is 176 Å². The highest BCUT2D eigenvalue weighted by atomic mass is 16.5. The van der Waals surface area contributed by atoms with E-state index in [0.717, 1.165) is 43.1 Å². The van der Waals surface area contributed by atoms with Crippen molar-refractivity contribution in [1.82, 2.24) is 10.3 Å². The van der Waals surface area contributed by atoms with Gasteiger partial charge in [0.2, 0.25) is 11.8 Å². The number of primary amides is 1. The molecule has 156 valence electrons. The van der Waals surface area contributed by atoms with Gasteiger partial charge in [-0.2, -0.15) is 0 Å². The third-order valence-electron chi connectivity index (χ3n) is 5.65. The van der Waals surface area contributed by atoms with Crippen molar-refractivity contribution < 1.29 is 13.9 Å². The number of ether oxygens (including phenoxy) is 1. The summed E-state index contributed by atoms with van der Waals surface area (Å²) in [6.07, 6.45) is 4.56. The quantitative estimate of drug-likeness (QED) is 0.569. The first-order valence-corrected chi connectivity index (χ1v) is 10.4. The maximum atomic E-state index is 11.1. The van der Waals surface area contributed by atoms with Crippen LogP contribution in [0.5, 0.6) is 11.6 Å².